The molecule has 134 valence electrons. The number of nitrogens with zero attached hydrogens (tertiary/aromatic N) is 4. The van der Waals surface area contributed by atoms with Gasteiger partial charge >= 0.3 is 0 Å². The van der Waals surface area contributed by atoms with Gasteiger partial charge in [-0.3, -0.25) is 9.36 Å². The largest absolute Gasteiger partial charge is 0.324 e. The molecule has 1 fully saturated rings. The van der Waals surface area contributed by atoms with Gasteiger partial charge in [0.2, 0.25) is 5.95 Å². The van der Waals surface area contributed by atoms with Crippen LogP contribution in [0.1, 0.15) is 43.7 Å². The normalized spacial score (nSPS) is 15.3. The Morgan fingerprint density at radius 3 is 2.73 bits per heavy atom. The maximum atomic E-state index is 13.4. The summed E-state index contributed by atoms with van der Waals surface area (Å²) in [7, 11) is 0. The second kappa shape index (κ2) is 6.82. The van der Waals surface area contributed by atoms with Crippen LogP contribution in [-0.4, -0.2) is 19.5 Å². The average molecular weight is 353 g/mol. The maximum Gasteiger partial charge on any atom is 0.270 e. The number of aryl methyl sites for hydroxylation is 1. The van der Waals surface area contributed by atoms with Crippen molar-refractivity contribution in [2.75, 3.05) is 5.32 Å². The summed E-state index contributed by atoms with van der Waals surface area (Å²) in [6, 6.07) is 4.88. The first-order chi connectivity index (χ1) is 12.6. The molecule has 1 saturated carbocycles. The van der Waals surface area contributed by atoms with E-state index in [0.29, 0.717) is 28.4 Å². The van der Waals surface area contributed by atoms with Crippen LogP contribution in [0.2, 0.25) is 0 Å². The molecular formula is C19H20FN5O. The molecule has 0 unspecified atom stereocenters. The molecular weight excluding hydrogens is 333 g/mol. The number of anilines is 2. The molecule has 0 saturated heterocycles. The molecule has 0 amide bonds. The first-order valence-corrected chi connectivity index (χ1v) is 8.89. The van der Waals surface area contributed by atoms with Gasteiger partial charge < -0.3 is 5.32 Å². The molecule has 4 rings (SSSR count). The Labute approximate surface area is 150 Å². The van der Waals surface area contributed by atoms with E-state index in [1.165, 1.54) is 18.7 Å². The quantitative estimate of drug-likeness (QED) is 0.773. The molecule has 6 nitrogen and oxygen atoms in total. The topological polar surface area (TPSA) is 72.7 Å². The monoisotopic (exact) mass is 353 g/mol. The summed E-state index contributed by atoms with van der Waals surface area (Å²) < 4.78 is 15.2. The van der Waals surface area contributed by atoms with E-state index in [0.717, 1.165) is 25.7 Å². The number of benzene rings is 1. The van der Waals surface area contributed by atoms with E-state index in [9.17, 15) is 9.18 Å². The lowest BCUT2D eigenvalue weighted by Crippen LogP contribution is -2.27. The van der Waals surface area contributed by atoms with Crippen LogP contribution in [0.25, 0.3) is 11.2 Å². The van der Waals surface area contributed by atoms with Gasteiger partial charge in [0.15, 0.2) is 5.65 Å². The number of hydrogen-bond acceptors (Lipinski definition) is 5. The summed E-state index contributed by atoms with van der Waals surface area (Å²) in [5.74, 6) is 0.103. The Morgan fingerprint density at radius 2 is 1.96 bits per heavy atom. The molecule has 26 heavy (non-hydrogen) atoms. The molecule has 2 aromatic heterocycles. The fraction of sp³-hybridized carbons (Fsp3) is 0.368. The molecule has 1 aromatic carbocycles. The Morgan fingerprint density at radius 1 is 1.15 bits per heavy atom. The molecule has 3 aromatic rings. The van der Waals surface area contributed by atoms with Crippen molar-refractivity contribution in [1.82, 2.24) is 19.5 Å². The molecule has 1 N–H and O–H groups in total. The third kappa shape index (κ3) is 3.16. The maximum absolute atomic E-state index is 13.4. The van der Waals surface area contributed by atoms with Gasteiger partial charge in [0.25, 0.3) is 5.56 Å². The van der Waals surface area contributed by atoms with E-state index >= 15 is 0 Å². The van der Waals surface area contributed by atoms with Crippen LogP contribution in [-0.2, 0) is 0 Å². The van der Waals surface area contributed by atoms with Crippen molar-refractivity contribution in [2.45, 2.75) is 45.1 Å². The minimum absolute atomic E-state index is 0.133. The smallest absolute Gasteiger partial charge is 0.270 e. The molecule has 1 aliphatic carbocycles. The van der Waals surface area contributed by atoms with Crippen molar-refractivity contribution in [3.8, 4) is 0 Å². The van der Waals surface area contributed by atoms with Crippen molar-refractivity contribution in [1.29, 1.82) is 0 Å². The molecule has 0 radical (unpaired) electrons. The zero-order chi connectivity index (χ0) is 18.1. The highest BCUT2D eigenvalue weighted by Crippen LogP contribution is 2.29. The predicted octanol–water partition coefficient (Wildman–Crippen LogP) is 3.88. The van der Waals surface area contributed by atoms with Gasteiger partial charge in [-0.1, -0.05) is 19.3 Å². The molecule has 1 aliphatic rings. The lowest BCUT2D eigenvalue weighted by Gasteiger charge is -2.24. The lowest BCUT2D eigenvalue weighted by atomic mass is 9.95. The molecule has 0 atom stereocenters. The van der Waals surface area contributed by atoms with Crippen LogP contribution in [0.4, 0.5) is 16.0 Å². The fourth-order valence-electron chi connectivity index (χ4n) is 3.53. The van der Waals surface area contributed by atoms with Gasteiger partial charge in [-0.2, -0.15) is 4.98 Å². The zero-order valence-electron chi connectivity index (χ0n) is 14.6. The number of fused-ring (bicyclic) bond motifs is 1. The van der Waals surface area contributed by atoms with E-state index < -0.39 is 0 Å². The van der Waals surface area contributed by atoms with Crippen LogP contribution in [0.15, 0.2) is 35.4 Å². The third-order valence-corrected chi connectivity index (χ3v) is 4.88. The van der Waals surface area contributed by atoms with Gasteiger partial charge in [0.1, 0.15) is 11.3 Å². The van der Waals surface area contributed by atoms with Crippen molar-refractivity contribution in [3.05, 3.63) is 52.3 Å². The average Bonchev–Trinajstić information content (AvgIpc) is 2.65. The van der Waals surface area contributed by atoms with Crippen LogP contribution in [0, 0.1) is 12.7 Å². The molecule has 0 aliphatic heterocycles. The van der Waals surface area contributed by atoms with Gasteiger partial charge in [-0.05, 0) is 43.5 Å². The Balaban J connectivity index is 1.75. The summed E-state index contributed by atoms with van der Waals surface area (Å²) in [5, 5.41) is 3.08. The Kier molecular flexibility index (Phi) is 4.36. The van der Waals surface area contributed by atoms with Gasteiger partial charge in [-0.25, -0.2) is 14.4 Å². The second-order valence-corrected chi connectivity index (χ2v) is 6.75. The van der Waals surface area contributed by atoms with Crippen LogP contribution >= 0.6 is 0 Å². The molecule has 2 heterocycles. The molecule has 7 heteroatoms. The highest BCUT2D eigenvalue weighted by atomic mass is 19.1. The SMILES string of the molecule is Cc1cc(Nc2ncc3ncc(=O)n(C4CCCCC4)c3n2)ccc1F. The number of hydrogen-bond donors (Lipinski definition) is 1. The van der Waals surface area contributed by atoms with E-state index in [-0.39, 0.29) is 17.4 Å². The van der Waals surface area contributed by atoms with Crippen molar-refractivity contribution in [2.24, 2.45) is 0 Å². The molecule has 0 bridgehead atoms. The Bertz CT molecular complexity index is 1010. The number of nitrogens with one attached hydrogen (secondary N) is 1. The van der Waals surface area contributed by atoms with Crippen molar-refractivity contribution < 1.29 is 4.39 Å². The Hall–Kier alpha value is -2.83. The summed E-state index contributed by atoms with van der Waals surface area (Å²) >= 11 is 0. The first-order valence-electron chi connectivity index (χ1n) is 8.89. The van der Waals surface area contributed by atoms with Crippen LogP contribution in [0.3, 0.4) is 0 Å². The first kappa shape index (κ1) is 16.6. The number of aromatic nitrogens is 4. The van der Waals surface area contributed by atoms with Gasteiger partial charge in [-0.15, -0.1) is 0 Å². The van der Waals surface area contributed by atoms with Crippen molar-refractivity contribution in [3.63, 3.8) is 0 Å². The second-order valence-electron chi connectivity index (χ2n) is 6.75. The summed E-state index contributed by atoms with van der Waals surface area (Å²) in [6.45, 7) is 1.70. The zero-order valence-corrected chi connectivity index (χ0v) is 14.6. The van der Waals surface area contributed by atoms with Crippen LogP contribution < -0.4 is 10.9 Å². The van der Waals surface area contributed by atoms with Crippen molar-refractivity contribution >= 4 is 22.8 Å². The van der Waals surface area contributed by atoms with Crippen LogP contribution in [0.5, 0.6) is 0 Å². The number of rotatable bonds is 3. The summed E-state index contributed by atoms with van der Waals surface area (Å²) in [6.07, 6.45) is 8.35. The molecule has 0 spiro atoms. The van der Waals surface area contributed by atoms with Gasteiger partial charge in [0.05, 0.1) is 12.4 Å². The van der Waals surface area contributed by atoms with E-state index in [1.807, 2.05) is 0 Å². The predicted molar refractivity (Wildman–Crippen MR) is 98.1 cm³/mol. The highest BCUT2D eigenvalue weighted by Gasteiger charge is 2.20. The van der Waals surface area contributed by atoms with Gasteiger partial charge in [0, 0.05) is 11.7 Å². The van der Waals surface area contributed by atoms with E-state index in [4.69, 9.17) is 0 Å². The van der Waals surface area contributed by atoms with E-state index in [1.54, 1.807) is 29.8 Å². The summed E-state index contributed by atoms with van der Waals surface area (Å²) in [5.41, 5.74) is 2.23. The third-order valence-electron chi connectivity index (χ3n) is 4.88. The fourth-order valence-corrected chi connectivity index (χ4v) is 3.53. The van der Waals surface area contributed by atoms with E-state index in [2.05, 4.69) is 20.3 Å². The number of halogens is 1. The highest BCUT2D eigenvalue weighted by molar-refractivity contribution is 5.71. The minimum atomic E-state index is -0.259. The standard InChI is InChI=1S/C19H20FN5O/c1-12-9-13(7-8-15(12)20)23-19-22-10-16-18(24-19)25(17(26)11-21-16)14-5-3-2-4-6-14/h7-11,14H,2-6H2,1H3,(H,22,23,24). The lowest BCUT2D eigenvalue weighted by molar-refractivity contribution is 0.352. The minimum Gasteiger partial charge on any atom is -0.324 e. The summed E-state index contributed by atoms with van der Waals surface area (Å²) in [4.78, 5) is 25.5.